The van der Waals surface area contributed by atoms with Crippen molar-refractivity contribution in [2.24, 2.45) is 0 Å². The number of ether oxygens (including phenoxy) is 1. The lowest BCUT2D eigenvalue weighted by molar-refractivity contribution is -0.140. The Balaban J connectivity index is 1.61. The maximum atomic E-state index is 14.9. The number of rotatable bonds is 14. The quantitative estimate of drug-likeness (QED) is 0.142. The number of anilines is 1. The molecule has 4 aromatic carbocycles. The standard InChI is InChI=1S/C39H43Cl2N3O5S/c1-3-49-37-17-11-10-16-35(37)44(50(47,48)33-22-18-28(2)19-23-33)27-38(45)43(26-30-20-21-31(40)25-34(30)41)36(24-29-12-6-4-7-13-29)39(46)42-32-14-8-5-9-15-32/h4,6-7,10-13,16-23,25,32,36H,3,5,8-9,14-15,24,26-27H2,1-2H3,(H,42,46). The third-order valence-electron chi connectivity index (χ3n) is 8.90. The molecule has 4 aromatic rings. The summed E-state index contributed by atoms with van der Waals surface area (Å²) in [5, 5.41) is 3.97. The number of benzene rings is 4. The number of halogens is 2. The van der Waals surface area contributed by atoms with Gasteiger partial charge in [0.15, 0.2) is 0 Å². The molecule has 8 nitrogen and oxygen atoms in total. The van der Waals surface area contributed by atoms with Crippen LogP contribution in [0, 0.1) is 6.92 Å². The van der Waals surface area contributed by atoms with Gasteiger partial charge in [-0.25, -0.2) is 8.42 Å². The summed E-state index contributed by atoms with van der Waals surface area (Å²) in [6.07, 6.45) is 5.07. The summed E-state index contributed by atoms with van der Waals surface area (Å²) in [6, 6.07) is 26.6. The van der Waals surface area contributed by atoms with Crippen molar-refractivity contribution in [1.29, 1.82) is 0 Å². The molecule has 0 heterocycles. The molecule has 264 valence electrons. The van der Waals surface area contributed by atoms with Gasteiger partial charge in [-0.3, -0.25) is 13.9 Å². The predicted octanol–water partition coefficient (Wildman–Crippen LogP) is 7.98. The molecule has 11 heteroatoms. The number of para-hydroxylation sites is 2. The molecule has 0 aliphatic heterocycles. The van der Waals surface area contributed by atoms with E-state index in [-0.39, 0.29) is 42.1 Å². The molecular weight excluding hydrogens is 693 g/mol. The molecule has 0 bridgehead atoms. The maximum absolute atomic E-state index is 14.9. The second kappa shape index (κ2) is 17.2. The van der Waals surface area contributed by atoms with Crippen molar-refractivity contribution in [1.82, 2.24) is 10.2 Å². The van der Waals surface area contributed by atoms with Gasteiger partial charge in [-0.1, -0.05) is 109 Å². The highest BCUT2D eigenvalue weighted by Gasteiger charge is 2.36. The number of hydrogen-bond acceptors (Lipinski definition) is 5. The second-order valence-electron chi connectivity index (χ2n) is 12.5. The van der Waals surface area contributed by atoms with Gasteiger partial charge in [0.1, 0.15) is 18.3 Å². The van der Waals surface area contributed by atoms with Gasteiger partial charge in [-0.15, -0.1) is 0 Å². The number of carbonyl (C=O) groups is 2. The van der Waals surface area contributed by atoms with Gasteiger partial charge in [-0.2, -0.15) is 0 Å². The van der Waals surface area contributed by atoms with E-state index in [4.69, 9.17) is 27.9 Å². The van der Waals surface area contributed by atoms with Crippen molar-refractivity contribution >= 4 is 50.7 Å². The van der Waals surface area contributed by atoms with E-state index < -0.39 is 28.5 Å². The summed E-state index contributed by atoms with van der Waals surface area (Å²) in [4.78, 5) is 30.7. The van der Waals surface area contributed by atoms with E-state index in [1.807, 2.05) is 37.3 Å². The van der Waals surface area contributed by atoms with E-state index >= 15 is 0 Å². The first-order chi connectivity index (χ1) is 24.1. The third kappa shape index (κ3) is 9.38. The Kier molecular flexibility index (Phi) is 12.8. The number of aryl methyl sites for hydroxylation is 1. The highest BCUT2D eigenvalue weighted by atomic mass is 35.5. The minimum atomic E-state index is -4.29. The van der Waals surface area contributed by atoms with Crippen LogP contribution >= 0.6 is 23.2 Å². The van der Waals surface area contributed by atoms with Crippen LogP contribution < -0.4 is 14.4 Å². The topological polar surface area (TPSA) is 96.0 Å². The number of nitrogens with zero attached hydrogens (tertiary/aromatic N) is 2. The molecular formula is C39H43Cl2N3O5S. The molecule has 0 spiro atoms. The Morgan fingerprint density at radius 1 is 0.900 bits per heavy atom. The van der Waals surface area contributed by atoms with Crippen molar-refractivity contribution in [3.05, 3.63) is 124 Å². The lowest BCUT2D eigenvalue weighted by atomic mass is 9.94. The Hall–Kier alpha value is -4.05. The Morgan fingerprint density at radius 2 is 1.58 bits per heavy atom. The van der Waals surface area contributed by atoms with E-state index in [2.05, 4.69) is 5.32 Å². The van der Waals surface area contributed by atoms with Crippen LogP contribution in [0.4, 0.5) is 5.69 Å². The fourth-order valence-electron chi connectivity index (χ4n) is 6.22. The average molecular weight is 737 g/mol. The molecule has 1 saturated carbocycles. The largest absolute Gasteiger partial charge is 0.492 e. The molecule has 1 aliphatic carbocycles. The summed E-state index contributed by atoms with van der Waals surface area (Å²) in [6.45, 7) is 3.29. The first kappa shape index (κ1) is 37.2. The van der Waals surface area contributed by atoms with E-state index in [1.54, 1.807) is 61.5 Å². The van der Waals surface area contributed by atoms with Crippen LogP contribution in [0.5, 0.6) is 5.75 Å². The molecule has 5 rings (SSSR count). The van der Waals surface area contributed by atoms with Crippen LogP contribution in [0.1, 0.15) is 55.7 Å². The molecule has 1 atom stereocenters. The van der Waals surface area contributed by atoms with Gasteiger partial charge in [0.05, 0.1) is 17.2 Å². The highest BCUT2D eigenvalue weighted by molar-refractivity contribution is 7.92. The molecule has 2 amide bonds. The fourth-order valence-corrected chi connectivity index (χ4v) is 8.12. The van der Waals surface area contributed by atoms with Crippen LogP contribution in [-0.2, 0) is 32.6 Å². The van der Waals surface area contributed by atoms with E-state index in [0.717, 1.165) is 47.5 Å². The molecule has 0 aromatic heterocycles. The minimum absolute atomic E-state index is 0.0120. The highest BCUT2D eigenvalue weighted by Crippen LogP contribution is 2.33. The van der Waals surface area contributed by atoms with Crippen molar-refractivity contribution in [2.75, 3.05) is 17.5 Å². The molecule has 0 radical (unpaired) electrons. The Morgan fingerprint density at radius 3 is 2.26 bits per heavy atom. The zero-order chi connectivity index (χ0) is 35.7. The lowest BCUT2D eigenvalue weighted by Gasteiger charge is -2.35. The molecule has 1 N–H and O–H groups in total. The zero-order valence-electron chi connectivity index (χ0n) is 28.4. The van der Waals surface area contributed by atoms with Crippen LogP contribution in [-0.4, -0.2) is 50.4 Å². The van der Waals surface area contributed by atoms with Crippen LogP contribution in [0.25, 0.3) is 0 Å². The van der Waals surface area contributed by atoms with E-state index in [9.17, 15) is 18.0 Å². The normalized spacial score (nSPS) is 14.1. The first-order valence-electron chi connectivity index (χ1n) is 17.0. The van der Waals surface area contributed by atoms with E-state index in [1.165, 1.54) is 17.0 Å². The SMILES string of the molecule is CCOc1ccccc1N(CC(=O)N(Cc1ccc(Cl)cc1Cl)C(Cc1ccccc1)C(=O)NC1CCCCC1)S(=O)(=O)c1ccc(C)cc1. The number of hydrogen-bond donors (Lipinski definition) is 1. The van der Waals surface area contributed by atoms with Crippen molar-refractivity contribution in [3.8, 4) is 5.75 Å². The number of amides is 2. The molecule has 1 aliphatic rings. The van der Waals surface area contributed by atoms with Gasteiger partial charge in [0.25, 0.3) is 10.0 Å². The summed E-state index contributed by atoms with van der Waals surface area (Å²) in [5.74, 6) is -0.582. The number of sulfonamides is 1. The lowest BCUT2D eigenvalue weighted by Crippen LogP contribution is -2.55. The van der Waals surface area contributed by atoms with Crippen LogP contribution in [0.2, 0.25) is 10.0 Å². The summed E-state index contributed by atoms with van der Waals surface area (Å²) in [5.41, 5.74) is 2.51. The van der Waals surface area contributed by atoms with Gasteiger partial charge in [-0.05, 0) is 74.2 Å². The summed E-state index contributed by atoms with van der Waals surface area (Å²) in [7, 11) is -4.29. The van der Waals surface area contributed by atoms with Gasteiger partial charge in [0.2, 0.25) is 11.8 Å². The Bertz CT molecular complexity index is 1870. The predicted molar refractivity (Wildman–Crippen MR) is 199 cm³/mol. The fraction of sp³-hybridized carbons (Fsp3) is 0.333. The molecule has 1 fully saturated rings. The van der Waals surface area contributed by atoms with Crippen LogP contribution in [0.3, 0.4) is 0 Å². The van der Waals surface area contributed by atoms with Crippen molar-refractivity contribution < 1.29 is 22.7 Å². The van der Waals surface area contributed by atoms with Gasteiger partial charge >= 0.3 is 0 Å². The average Bonchev–Trinajstić information content (AvgIpc) is 3.11. The zero-order valence-corrected chi connectivity index (χ0v) is 30.7. The number of nitrogens with one attached hydrogen (secondary N) is 1. The van der Waals surface area contributed by atoms with E-state index in [0.29, 0.717) is 21.4 Å². The van der Waals surface area contributed by atoms with Crippen molar-refractivity contribution in [3.63, 3.8) is 0 Å². The second-order valence-corrected chi connectivity index (χ2v) is 15.2. The van der Waals surface area contributed by atoms with Gasteiger partial charge in [0, 0.05) is 29.1 Å². The minimum Gasteiger partial charge on any atom is -0.492 e. The first-order valence-corrected chi connectivity index (χ1v) is 19.2. The third-order valence-corrected chi connectivity index (χ3v) is 11.3. The smallest absolute Gasteiger partial charge is 0.264 e. The molecule has 0 saturated heterocycles. The molecule has 1 unspecified atom stereocenters. The summed E-state index contributed by atoms with van der Waals surface area (Å²) >= 11 is 12.9. The number of carbonyl (C=O) groups excluding carboxylic acids is 2. The summed E-state index contributed by atoms with van der Waals surface area (Å²) < 4.78 is 35.8. The van der Waals surface area contributed by atoms with Crippen LogP contribution in [0.15, 0.2) is 102 Å². The Labute approximate surface area is 305 Å². The molecule has 50 heavy (non-hydrogen) atoms. The monoisotopic (exact) mass is 735 g/mol. The maximum Gasteiger partial charge on any atom is 0.264 e. The van der Waals surface area contributed by atoms with Crippen molar-refractivity contribution in [2.45, 2.75) is 75.9 Å². The van der Waals surface area contributed by atoms with Gasteiger partial charge < -0.3 is 15.0 Å².